The fourth-order valence-electron chi connectivity index (χ4n) is 3.58. The molecule has 178 valence electrons. The molecule has 0 saturated heterocycles. The lowest BCUT2D eigenvalue weighted by Gasteiger charge is -2.05. The number of thiazole rings is 1. The van der Waals surface area contributed by atoms with Gasteiger partial charge in [-0.15, -0.1) is 0 Å². The smallest absolute Gasteiger partial charge is 0.157 e. The van der Waals surface area contributed by atoms with Crippen molar-refractivity contribution in [3.63, 3.8) is 0 Å². The minimum absolute atomic E-state index is 0.207. The molecule has 8 nitrogen and oxygen atoms in total. The number of aromatic nitrogens is 6. The molecule has 0 atom stereocenters. The topological polar surface area (TPSA) is 104 Å². The highest BCUT2D eigenvalue weighted by Crippen LogP contribution is 2.25. The zero-order valence-corrected chi connectivity index (χ0v) is 19.4. The molecule has 0 unspecified atom stereocenters. The average Bonchev–Trinajstić information content (AvgIpc) is 3.51. The van der Waals surface area contributed by atoms with Crippen LogP contribution in [0.15, 0.2) is 55.1 Å². The number of imidazole rings is 1. The zero-order chi connectivity index (χ0) is 24.0. The number of hydrogen-bond donors (Lipinski definition) is 3. The van der Waals surface area contributed by atoms with Gasteiger partial charge < -0.3 is 15.6 Å². The summed E-state index contributed by atoms with van der Waals surface area (Å²) in [7, 11) is 0. The first-order valence-electron chi connectivity index (χ1n) is 11.1. The molecule has 11 heteroatoms. The summed E-state index contributed by atoms with van der Waals surface area (Å²) < 4.78 is 27.8. The molecule has 5 aromatic rings. The van der Waals surface area contributed by atoms with Gasteiger partial charge in [-0.25, -0.2) is 28.7 Å². The van der Waals surface area contributed by atoms with Crippen molar-refractivity contribution in [1.29, 1.82) is 0 Å². The first-order chi connectivity index (χ1) is 17.2. The number of rotatable bonds is 10. The van der Waals surface area contributed by atoms with Crippen molar-refractivity contribution in [2.75, 3.05) is 18.4 Å². The van der Waals surface area contributed by atoms with E-state index in [0.29, 0.717) is 34.7 Å². The van der Waals surface area contributed by atoms with E-state index in [1.54, 1.807) is 36.7 Å². The van der Waals surface area contributed by atoms with E-state index in [-0.39, 0.29) is 18.2 Å². The number of anilines is 1. The number of H-pyrrole nitrogens is 1. The van der Waals surface area contributed by atoms with Gasteiger partial charge in [-0.2, -0.15) is 0 Å². The minimum Gasteiger partial charge on any atom is -0.362 e. The molecule has 4 aromatic heterocycles. The number of nitrogens with one attached hydrogen (secondary N) is 3. The van der Waals surface area contributed by atoms with E-state index >= 15 is 0 Å². The molecule has 4 heterocycles. The minimum atomic E-state index is -0.367. The molecule has 0 aliphatic heterocycles. The first-order valence-corrected chi connectivity index (χ1v) is 11.9. The Hall–Kier alpha value is -3.83. The third-order valence-electron chi connectivity index (χ3n) is 5.34. The standard InChI is InChI=1S/C24H22F2N8S/c25-16-5-2-1-4-15(16)18-12-29-20(33-18)7-10-27-11-8-21-34-22-23(31-14-32-24(22)35-21)30-13-19-17(26)6-3-9-28-19/h1-6,9,12,14,27H,7-8,10-11,13H2,(H,29,33)(H,30,31,32). The number of hydrogen-bond acceptors (Lipinski definition) is 8. The van der Waals surface area contributed by atoms with Gasteiger partial charge in [0.25, 0.3) is 0 Å². The second-order valence-corrected chi connectivity index (χ2v) is 8.80. The van der Waals surface area contributed by atoms with Crippen LogP contribution in [0.25, 0.3) is 21.6 Å². The summed E-state index contributed by atoms with van der Waals surface area (Å²) in [5.74, 6) is 0.710. The van der Waals surface area contributed by atoms with E-state index in [1.165, 1.54) is 29.8 Å². The molecule has 3 N–H and O–H groups in total. The second kappa shape index (κ2) is 10.6. The number of pyridine rings is 1. The predicted octanol–water partition coefficient (Wildman–Crippen LogP) is 4.14. The Bertz CT molecular complexity index is 1430. The van der Waals surface area contributed by atoms with E-state index in [0.717, 1.165) is 35.2 Å². The van der Waals surface area contributed by atoms with Crippen molar-refractivity contribution in [3.8, 4) is 11.3 Å². The lowest BCUT2D eigenvalue weighted by atomic mass is 10.1. The fraction of sp³-hybridized carbons (Fsp3) is 0.208. The van der Waals surface area contributed by atoms with Crippen molar-refractivity contribution < 1.29 is 8.78 Å². The van der Waals surface area contributed by atoms with E-state index in [4.69, 9.17) is 0 Å². The number of halogens is 2. The van der Waals surface area contributed by atoms with Crippen molar-refractivity contribution in [2.45, 2.75) is 19.4 Å². The van der Waals surface area contributed by atoms with Gasteiger partial charge in [0.1, 0.15) is 34.1 Å². The maximum Gasteiger partial charge on any atom is 0.157 e. The van der Waals surface area contributed by atoms with Crippen molar-refractivity contribution in [3.05, 3.63) is 83.3 Å². The molecular formula is C24H22F2N8S. The highest BCUT2D eigenvalue weighted by atomic mass is 32.1. The summed E-state index contributed by atoms with van der Waals surface area (Å²) in [6, 6.07) is 9.56. The van der Waals surface area contributed by atoms with Crippen LogP contribution in [0.4, 0.5) is 14.6 Å². The van der Waals surface area contributed by atoms with Crippen molar-refractivity contribution >= 4 is 27.5 Å². The summed E-state index contributed by atoms with van der Waals surface area (Å²) in [5, 5.41) is 7.43. The molecule has 0 aliphatic rings. The largest absolute Gasteiger partial charge is 0.362 e. The molecule has 0 bridgehead atoms. The van der Waals surface area contributed by atoms with E-state index in [9.17, 15) is 8.78 Å². The van der Waals surface area contributed by atoms with Gasteiger partial charge in [-0.1, -0.05) is 23.5 Å². The van der Waals surface area contributed by atoms with Crippen LogP contribution in [0.3, 0.4) is 0 Å². The van der Waals surface area contributed by atoms with Crippen LogP contribution in [0.5, 0.6) is 0 Å². The lowest BCUT2D eigenvalue weighted by Crippen LogP contribution is -2.20. The summed E-state index contributed by atoms with van der Waals surface area (Å²) in [4.78, 5) is 25.6. The van der Waals surface area contributed by atoms with Crippen LogP contribution in [0.2, 0.25) is 0 Å². The third-order valence-corrected chi connectivity index (χ3v) is 6.37. The second-order valence-electron chi connectivity index (χ2n) is 7.74. The summed E-state index contributed by atoms with van der Waals surface area (Å²) in [5.41, 5.74) is 2.16. The van der Waals surface area contributed by atoms with Crippen LogP contribution in [0.1, 0.15) is 16.5 Å². The van der Waals surface area contributed by atoms with Crippen LogP contribution in [0, 0.1) is 11.6 Å². The Labute approximate surface area is 203 Å². The van der Waals surface area contributed by atoms with Gasteiger partial charge in [0, 0.05) is 37.7 Å². The Morgan fingerprint density at radius 1 is 0.914 bits per heavy atom. The highest BCUT2D eigenvalue weighted by Gasteiger charge is 2.12. The summed E-state index contributed by atoms with van der Waals surface area (Å²) in [6.07, 6.45) is 6.10. The number of benzene rings is 1. The van der Waals surface area contributed by atoms with Gasteiger partial charge >= 0.3 is 0 Å². The molecule has 35 heavy (non-hydrogen) atoms. The van der Waals surface area contributed by atoms with Crippen LogP contribution in [-0.2, 0) is 19.4 Å². The number of nitrogens with zero attached hydrogens (tertiary/aromatic N) is 5. The first kappa shape index (κ1) is 22.9. The molecular weight excluding hydrogens is 470 g/mol. The zero-order valence-electron chi connectivity index (χ0n) is 18.6. The molecule has 0 amide bonds. The number of fused-ring (bicyclic) bond motifs is 1. The highest BCUT2D eigenvalue weighted by molar-refractivity contribution is 7.18. The van der Waals surface area contributed by atoms with Crippen LogP contribution < -0.4 is 10.6 Å². The summed E-state index contributed by atoms with van der Waals surface area (Å²) >= 11 is 1.51. The molecule has 0 saturated carbocycles. The van der Waals surface area contributed by atoms with Gasteiger partial charge in [-0.3, -0.25) is 4.98 Å². The molecule has 0 spiro atoms. The van der Waals surface area contributed by atoms with Gasteiger partial charge in [0.2, 0.25) is 0 Å². The normalized spacial score (nSPS) is 11.3. The monoisotopic (exact) mass is 492 g/mol. The average molecular weight is 493 g/mol. The predicted molar refractivity (Wildman–Crippen MR) is 131 cm³/mol. The van der Waals surface area contributed by atoms with Crippen LogP contribution in [-0.4, -0.2) is 43.0 Å². The van der Waals surface area contributed by atoms with E-state index < -0.39 is 0 Å². The quantitative estimate of drug-likeness (QED) is 0.252. The van der Waals surface area contributed by atoms with Crippen LogP contribution >= 0.6 is 11.3 Å². The molecule has 0 aliphatic carbocycles. The van der Waals surface area contributed by atoms with E-state index in [1.807, 2.05) is 0 Å². The third kappa shape index (κ3) is 5.47. The summed E-state index contributed by atoms with van der Waals surface area (Å²) in [6.45, 7) is 1.66. The van der Waals surface area contributed by atoms with E-state index in [2.05, 4.69) is 40.5 Å². The SMILES string of the molecule is Fc1ccccc1-c1cnc(CCNCCc2nc3c(NCc4ncccc4F)ncnc3s2)[nH]1. The Morgan fingerprint density at radius 3 is 2.66 bits per heavy atom. The molecule has 0 fully saturated rings. The molecule has 0 radical (unpaired) electrons. The fourth-order valence-corrected chi connectivity index (χ4v) is 4.49. The van der Waals surface area contributed by atoms with Gasteiger partial charge in [0.05, 0.1) is 29.1 Å². The number of aromatic amines is 1. The Morgan fingerprint density at radius 2 is 1.77 bits per heavy atom. The van der Waals surface area contributed by atoms with Crippen molar-refractivity contribution in [2.24, 2.45) is 0 Å². The Balaban J connectivity index is 1.12. The van der Waals surface area contributed by atoms with Gasteiger partial charge in [0.15, 0.2) is 5.82 Å². The van der Waals surface area contributed by atoms with Crippen molar-refractivity contribution in [1.82, 2.24) is 35.2 Å². The maximum absolute atomic E-state index is 13.9. The maximum atomic E-state index is 13.9. The molecule has 1 aromatic carbocycles. The Kier molecular flexibility index (Phi) is 6.96. The lowest BCUT2D eigenvalue weighted by molar-refractivity contribution is 0.602. The van der Waals surface area contributed by atoms with Gasteiger partial charge in [-0.05, 0) is 24.3 Å². The molecule has 5 rings (SSSR count).